The molecular weight excluding hydrogens is 486 g/mol. The summed E-state index contributed by atoms with van der Waals surface area (Å²) >= 11 is 6.91. The number of ether oxygens (including phenoxy) is 1. The number of para-hydroxylation sites is 1. The van der Waals surface area contributed by atoms with E-state index >= 15 is 0 Å². The zero-order valence-corrected chi connectivity index (χ0v) is 21.5. The third-order valence-electron chi connectivity index (χ3n) is 5.83. The Morgan fingerprint density at radius 2 is 1.67 bits per heavy atom. The SMILES string of the molecule is CCOc1ccc(-c2nn(-c3ccccc3)cc2C=C2SC(=S)N(CCc3ccccc3)C2=O)cc1. The molecule has 4 aromatic rings. The minimum absolute atomic E-state index is 0.0639. The molecule has 0 bridgehead atoms. The Balaban J connectivity index is 1.46. The normalized spacial score (nSPS) is 14.6. The van der Waals surface area contributed by atoms with Crippen LogP contribution in [0.5, 0.6) is 5.75 Å². The second-order valence-electron chi connectivity index (χ2n) is 8.24. The van der Waals surface area contributed by atoms with Crippen molar-refractivity contribution in [3.63, 3.8) is 0 Å². The second kappa shape index (κ2) is 10.9. The molecule has 5 nitrogen and oxygen atoms in total. The van der Waals surface area contributed by atoms with Crippen molar-refractivity contribution >= 4 is 40.3 Å². The van der Waals surface area contributed by atoms with Crippen LogP contribution in [0.15, 0.2) is 96.0 Å². The summed E-state index contributed by atoms with van der Waals surface area (Å²) in [6.45, 7) is 3.13. The molecule has 0 aliphatic carbocycles. The first kappa shape index (κ1) is 24.0. The van der Waals surface area contributed by atoms with Crippen LogP contribution in [-0.2, 0) is 11.2 Å². The van der Waals surface area contributed by atoms with Crippen molar-refractivity contribution in [2.45, 2.75) is 13.3 Å². The van der Waals surface area contributed by atoms with Gasteiger partial charge in [-0.25, -0.2) is 4.68 Å². The van der Waals surface area contributed by atoms with Crippen molar-refractivity contribution in [3.8, 4) is 22.7 Å². The summed E-state index contributed by atoms with van der Waals surface area (Å²) in [5, 5.41) is 4.87. The van der Waals surface area contributed by atoms with Gasteiger partial charge < -0.3 is 4.74 Å². The maximum absolute atomic E-state index is 13.3. The summed E-state index contributed by atoms with van der Waals surface area (Å²) in [6, 6.07) is 27.9. The number of hydrogen-bond acceptors (Lipinski definition) is 5. The molecule has 0 N–H and O–H groups in total. The van der Waals surface area contributed by atoms with Crippen LogP contribution < -0.4 is 4.74 Å². The average Bonchev–Trinajstić information content (AvgIpc) is 3.45. The molecule has 0 spiro atoms. The van der Waals surface area contributed by atoms with Crippen LogP contribution in [-0.4, -0.2) is 38.1 Å². The van der Waals surface area contributed by atoms with Crippen LogP contribution in [0.3, 0.4) is 0 Å². The summed E-state index contributed by atoms with van der Waals surface area (Å²) in [5.74, 6) is 0.746. The van der Waals surface area contributed by atoms with Gasteiger partial charge in [0, 0.05) is 23.9 Å². The first-order valence-corrected chi connectivity index (χ1v) is 13.0. The Bertz CT molecular complexity index is 1400. The predicted molar refractivity (Wildman–Crippen MR) is 150 cm³/mol. The lowest BCUT2D eigenvalue weighted by Gasteiger charge is -2.14. The smallest absolute Gasteiger partial charge is 0.266 e. The molecule has 3 aromatic carbocycles. The number of hydrogen-bond donors (Lipinski definition) is 0. The van der Waals surface area contributed by atoms with Gasteiger partial charge in [-0.15, -0.1) is 0 Å². The first-order valence-electron chi connectivity index (χ1n) is 11.8. The number of nitrogens with zero attached hydrogens (tertiary/aromatic N) is 3. The van der Waals surface area contributed by atoms with Gasteiger partial charge in [-0.1, -0.05) is 72.5 Å². The topological polar surface area (TPSA) is 47.4 Å². The lowest BCUT2D eigenvalue weighted by Crippen LogP contribution is -2.30. The molecule has 2 heterocycles. The van der Waals surface area contributed by atoms with E-state index < -0.39 is 0 Å². The molecule has 5 rings (SSSR count). The van der Waals surface area contributed by atoms with E-state index in [0.29, 0.717) is 22.4 Å². The van der Waals surface area contributed by atoms with Gasteiger partial charge in [0.05, 0.1) is 22.9 Å². The Kier molecular flexibility index (Phi) is 7.30. The minimum Gasteiger partial charge on any atom is -0.494 e. The second-order valence-corrected chi connectivity index (χ2v) is 9.92. The predicted octanol–water partition coefficient (Wildman–Crippen LogP) is 6.38. The molecule has 36 heavy (non-hydrogen) atoms. The highest BCUT2D eigenvalue weighted by molar-refractivity contribution is 8.26. The maximum atomic E-state index is 13.3. The Morgan fingerprint density at radius 3 is 2.36 bits per heavy atom. The van der Waals surface area contributed by atoms with Crippen LogP contribution >= 0.6 is 24.0 Å². The van der Waals surface area contributed by atoms with Crippen LogP contribution in [0.25, 0.3) is 23.0 Å². The van der Waals surface area contributed by atoms with E-state index in [1.807, 2.05) is 96.7 Å². The number of carbonyl (C=O) groups is 1. The van der Waals surface area contributed by atoms with Crippen molar-refractivity contribution in [2.24, 2.45) is 0 Å². The van der Waals surface area contributed by atoms with Gasteiger partial charge in [-0.2, -0.15) is 5.10 Å². The highest BCUT2D eigenvalue weighted by Gasteiger charge is 2.32. The van der Waals surface area contributed by atoms with Gasteiger partial charge in [-0.3, -0.25) is 9.69 Å². The maximum Gasteiger partial charge on any atom is 0.266 e. The van der Waals surface area contributed by atoms with Crippen molar-refractivity contribution < 1.29 is 9.53 Å². The third kappa shape index (κ3) is 5.27. The average molecular weight is 512 g/mol. The van der Waals surface area contributed by atoms with Gasteiger partial charge in [0.25, 0.3) is 5.91 Å². The molecule has 1 amide bonds. The molecule has 0 radical (unpaired) electrons. The molecule has 180 valence electrons. The first-order chi connectivity index (χ1) is 17.6. The zero-order chi connectivity index (χ0) is 24.9. The number of aromatic nitrogens is 2. The molecule has 0 saturated carbocycles. The summed E-state index contributed by atoms with van der Waals surface area (Å²) in [6.07, 6.45) is 4.61. The summed E-state index contributed by atoms with van der Waals surface area (Å²) in [5.41, 5.74) is 4.71. The Labute approximate surface area is 220 Å². The van der Waals surface area contributed by atoms with E-state index in [9.17, 15) is 4.79 Å². The van der Waals surface area contributed by atoms with Crippen molar-refractivity contribution in [2.75, 3.05) is 13.2 Å². The number of benzene rings is 3. The summed E-state index contributed by atoms with van der Waals surface area (Å²) in [4.78, 5) is 15.6. The lowest BCUT2D eigenvalue weighted by molar-refractivity contribution is -0.122. The molecular formula is C29H25N3O2S2. The van der Waals surface area contributed by atoms with Gasteiger partial charge in [-0.05, 0) is 61.4 Å². The van der Waals surface area contributed by atoms with E-state index in [1.165, 1.54) is 17.3 Å². The number of amides is 1. The monoisotopic (exact) mass is 511 g/mol. The van der Waals surface area contributed by atoms with Crippen molar-refractivity contribution in [1.29, 1.82) is 0 Å². The van der Waals surface area contributed by atoms with E-state index in [4.69, 9.17) is 22.1 Å². The number of thioether (sulfide) groups is 1. The van der Waals surface area contributed by atoms with Gasteiger partial charge in [0.1, 0.15) is 10.1 Å². The van der Waals surface area contributed by atoms with Crippen molar-refractivity contribution in [3.05, 3.63) is 107 Å². The minimum atomic E-state index is -0.0639. The number of carbonyl (C=O) groups excluding carboxylic acids is 1. The van der Waals surface area contributed by atoms with Crippen LogP contribution in [0.2, 0.25) is 0 Å². The fourth-order valence-electron chi connectivity index (χ4n) is 4.03. The largest absolute Gasteiger partial charge is 0.494 e. The fourth-order valence-corrected chi connectivity index (χ4v) is 5.32. The molecule has 1 aromatic heterocycles. The Morgan fingerprint density at radius 1 is 0.972 bits per heavy atom. The Hall–Kier alpha value is -3.68. The highest BCUT2D eigenvalue weighted by Crippen LogP contribution is 2.35. The molecule has 1 aliphatic heterocycles. The molecule has 0 atom stereocenters. The third-order valence-corrected chi connectivity index (χ3v) is 7.21. The number of rotatable bonds is 8. The fraction of sp³-hybridized carbons (Fsp3) is 0.138. The molecule has 1 saturated heterocycles. The van der Waals surface area contributed by atoms with E-state index in [0.717, 1.165) is 34.7 Å². The molecule has 1 aliphatic rings. The van der Waals surface area contributed by atoms with E-state index in [2.05, 4.69) is 12.1 Å². The summed E-state index contributed by atoms with van der Waals surface area (Å²) < 4.78 is 8.02. The van der Waals surface area contributed by atoms with Crippen LogP contribution in [0.4, 0.5) is 0 Å². The van der Waals surface area contributed by atoms with Gasteiger partial charge in [0.15, 0.2) is 0 Å². The zero-order valence-electron chi connectivity index (χ0n) is 19.8. The van der Waals surface area contributed by atoms with Crippen molar-refractivity contribution in [1.82, 2.24) is 14.7 Å². The number of thiocarbonyl (C=S) groups is 1. The van der Waals surface area contributed by atoms with Gasteiger partial charge >= 0.3 is 0 Å². The molecule has 1 fully saturated rings. The van der Waals surface area contributed by atoms with E-state index in [1.54, 1.807) is 4.90 Å². The van der Waals surface area contributed by atoms with Crippen LogP contribution in [0.1, 0.15) is 18.1 Å². The molecule has 0 unspecified atom stereocenters. The molecule has 7 heteroatoms. The lowest BCUT2D eigenvalue weighted by atomic mass is 10.1. The standard InChI is InChI=1S/C29H25N3O2S2/c1-2-34-25-15-13-22(14-16-25)27-23(20-32(30-27)24-11-7-4-8-12-24)19-26-28(33)31(29(35)36-26)18-17-21-9-5-3-6-10-21/h3-16,19-20H,2,17-18H2,1H3. The van der Waals surface area contributed by atoms with Gasteiger partial charge in [0.2, 0.25) is 0 Å². The van der Waals surface area contributed by atoms with Crippen LogP contribution in [0, 0.1) is 0 Å². The summed E-state index contributed by atoms with van der Waals surface area (Å²) in [7, 11) is 0. The van der Waals surface area contributed by atoms with E-state index in [-0.39, 0.29) is 5.91 Å². The highest BCUT2D eigenvalue weighted by atomic mass is 32.2. The quantitative estimate of drug-likeness (QED) is 0.203.